The summed E-state index contributed by atoms with van der Waals surface area (Å²) >= 11 is 0. The van der Waals surface area contributed by atoms with Gasteiger partial charge in [0.15, 0.2) is 5.78 Å². The van der Waals surface area contributed by atoms with E-state index in [0.717, 1.165) is 41.6 Å². The molecule has 0 saturated heterocycles. The zero-order chi connectivity index (χ0) is 28.4. The molecular weight excluding hydrogens is 502 g/mol. The number of aromatic nitrogens is 2. The summed E-state index contributed by atoms with van der Waals surface area (Å²) in [5.74, 6) is -1.00. The quantitative estimate of drug-likeness (QED) is 0.253. The second kappa shape index (κ2) is 11.1. The number of fused-ring (bicyclic) bond motifs is 1. The van der Waals surface area contributed by atoms with Gasteiger partial charge < -0.3 is 14.5 Å². The van der Waals surface area contributed by atoms with Crippen LogP contribution in [-0.4, -0.2) is 40.6 Å². The van der Waals surface area contributed by atoms with E-state index in [4.69, 9.17) is 4.52 Å². The van der Waals surface area contributed by atoms with Crippen molar-refractivity contribution in [3.8, 4) is 22.8 Å². The number of Topliss-reactive ketones (excluding diaryl/α,β-unsaturated/α-hetero) is 1. The van der Waals surface area contributed by atoms with Crippen LogP contribution in [0.1, 0.15) is 60.7 Å². The van der Waals surface area contributed by atoms with Crippen LogP contribution in [0, 0.1) is 5.92 Å². The first-order valence-electron chi connectivity index (χ1n) is 13.7. The van der Waals surface area contributed by atoms with E-state index in [1.807, 2.05) is 48.5 Å². The van der Waals surface area contributed by atoms with Crippen LogP contribution in [0.5, 0.6) is 0 Å². The van der Waals surface area contributed by atoms with Crippen LogP contribution in [0.2, 0.25) is 0 Å². The summed E-state index contributed by atoms with van der Waals surface area (Å²) in [7, 11) is 2.09. The molecule has 7 nitrogen and oxygen atoms in total. The van der Waals surface area contributed by atoms with Crippen molar-refractivity contribution >= 4 is 17.4 Å². The van der Waals surface area contributed by atoms with E-state index in [1.165, 1.54) is 11.3 Å². The van der Waals surface area contributed by atoms with Gasteiger partial charge in [-0.3, -0.25) is 9.59 Å². The number of hydrogen-bond donors (Lipinski definition) is 1. The lowest BCUT2D eigenvalue weighted by molar-refractivity contribution is -0.141. The third kappa shape index (κ3) is 5.83. The maximum atomic E-state index is 12.9. The number of hydrogen-bond acceptors (Lipinski definition) is 6. The number of ketones is 1. The van der Waals surface area contributed by atoms with Crippen molar-refractivity contribution in [2.75, 3.05) is 18.5 Å². The molecule has 0 spiro atoms. The Morgan fingerprint density at radius 2 is 1.75 bits per heavy atom. The number of carbonyl (C=O) groups is 2. The highest BCUT2D eigenvalue weighted by atomic mass is 16.5. The van der Waals surface area contributed by atoms with E-state index in [9.17, 15) is 14.7 Å². The number of carboxylic acids is 1. The fourth-order valence-corrected chi connectivity index (χ4v) is 5.28. The largest absolute Gasteiger partial charge is 0.481 e. The van der Waals surface area contributed by atoms with Crippen LogP contribution < -0.4 is 4.90 Å². The SMILES string of the molecule is CN1CCCc2c(-c3nc(-c4ccc(C[C@H](CC(=O)c5ccc(C(C)(C)C)cc5)C(=O)O)cc4)no3)cccc21. The van der Waals surface area contributed by atoms with Gasteiger partial charge in [-0.2, -0.15) is 4.98 Å². The van der Waals surface area contributed by atoms with E-state index in [1.54, 1.807) is 12.1 Å². The third-order valence-corrected chi connectivity index (χ3v) is 7.69. The minimum Gasteiger partial charge on any atom is -0.481 e. The van der Waals surface area contributed by atoms with E-state index in [-0.39, 0.29) is 24.0 Å². The fraction of sp³-hybridized carbons (Fsp3) is 0.333. The summed E-state index contributed by atoms with van der Waals surface area (Å²) in [6, 6.07) is 21.1. The Bertz CT molecular complexity index is 1510. The molecule has 1 aromatic heterocycles. The highest BCUT2D eigenvalue weighted by molar-refractivity contribution is 5.98. The predicted molar refractivity (Wildman–Crippen MR) is 156 cm³/mol. The van der Waals surface area contributed by atoms with Gasteiger partial charge in [-0.15, -0.1) is 0 Å². The number of benzene rings is 3. The molecule has 4 aromatic rings. The summed E-state index contributed by atoms with van der Waals surface area (Å²) < 4.78 is 5.65. The van der Waals surface area contributed by atoms with Crippen LogP contribution in [0.3, 0.4) is 0 Å². The average Bonchev–Trinajstić information content (AvgIpc) is 3.43. The number of carbonyl (C=O) groups excluding carboxylic acids is 1. The number of nitrogens with zero attached hydrogens (tertiary/aromatic N) is 3. The number of anilines is 1. The average molecular weight is 538 g/mol. The van der Waals surface area contributed by atoms with Crippen LogP contribution in [0.25, 0.3) is 22.8 Å². The van der Waals surface area contributed by atoms with E-state index in [0.29, 0.717) is 17.3 Å². The first-order chi connectivity index (χ1) is 19.1. The molecule has 1 aliphatic rings. The Morgan fingerprint density at radius 3 is 2.42 bits per heavy atom. The number of rotatable bonds is 8. The van der Waals surface area contributed by atoms with Gasteiger partial charge in [0.2, 0.25) is 5.82 Å². The van der Waals surface area contributed by atoms with Gasteiger partial charge in [0.1, 0.15) is 0 Å². The molecule has 1 atom stereocenters. The molecule has 0 aliphatic carbocycles. The smallest absolute Gasteiger partial charge is 0.307 e. The van der Waals surface area contributed by atoms with E-state index < -0.39 is 11.9 Å². The molecule has 7 heteroatoms. The predicted octanol–water partition coefficient (Wildman–Crippen LogP) is 6.60. The van der Waals surface area contributed by atoms with E-state index >= 15 is 0 Å². The molecule has 40 heavy (non-hydrogen) atoms. The normalized spacial score (nSPS) is 14.1. The van der Waals surface area contributed by atoms with Crippen LogP contribution in [0.4, 0.5) is 5.69 Å². The summed E-state index contributed by atoms with van der Waals surface area (Å²) in [6.45, 7) is 7.37. The van der Waals surface area contributed by atoms with Gasteiger partial charge in [-0.1, -0.05) is 80.5 Å². The molecule has 0 fully saturated rings. The topological polar surface area (TPSA) is 96.5 Å². The van der Waals surface area contributed by atoms with Gasteiger partial charge in [-0.25, -0.2) is 0 Å². The fourth-order valence-electron chi connectivity index (χ4n) is 5.28. The second-order valence-corrected chi connectivity index (χ2v) is 11.6. The molecule has 206 valence electrons. The monoisotopic (exact) mass is 537 g/mol. The van der Waals surface area contributed by atoms with Crippen molar-refractivity contribution in [1.29, 1.82) is 0 Å². The van der Waals surface area contributed by atoms with Crippen molar-refractivity contribution in [3.63, 3.8) is 0 Å². The van der Waals surface area contributed by atoms with E-state index in [2.05, 4.69) is 48.9 Å². The Kier molecular flexibility index (Phi) is 7.57. The summed E-state index contributed by atoms with van der Waals surface area (Å²) in [6.07, 6.45) is 2.24. The Hall–Kier alpha value is -4.26. The van der Waals surface area contributed by atoms with Crippen LogP contribution in [0.15, 0.2) is 71.3 Å². The van der Waals surface area contributed by atoms with Gasteiger partial charge >= 0.3 is 5.97 Å². The van der Waals surface area contributed by atoms with Crippen LogP contribution >= 0.6 is 0 Å². The zero-order valence-electron chi connectivity index (χ0n) is 23.5. The van der Waals surface area contributed by atoms with Crippen LogP contribution in [-0.2, 0) is 23.1 Å². The van der Waals surface area contributed by atoms with Gasteiger partial charge in [-0.05, 0) is 53.5 Å². The molecule has 0 saturated carbocycles. The summed E-state index contributed by atoms with van der Waals surface area (Å²) in [5.41, 5.74) is 6.64. The zero-order valence-corrected chi connectivity index (χ0v) is 23.5. The van der Waals surface area contributed by atoms with Crippen molar-refractivity contribution in [3.05, 3.63) is 89.0 Å². The molecule has 0 radical (unpaired) electrons. The first-order valence-corrected chi connectivity index (χ1v) is 13.7. The molecule has 2 heterocycles. The summed E-state index contributed by atoms with van der Waals surface area (Å²) in [4.78, 5) is 31.8. The number of aliphatic carboxylic acids is 1. The van der Waals surface area contributed by atoms with Crippen molar-refractivity contribution in [1.82, 2.24) is 10.1 Å². The maximum Gasteiger partial charge on any atom is 0.307 e. The molecular formula is C33H35N3O4. The highest BCUT2D eigenvalue weighted by Gasteiger charge is 2.24. The minimum atomic E-state index is -0.983. The Morgan fingerprint density at radius 1 is 1.02 bits per heavy atom. The number of carboxylic acid groups (broad SMARTS) is 1. The molecule has 0 amide bonds. The Labute approximate surface area is 234 Å². The molecule has 5 rings (SSSR count). The Balaban J connectivity index is 1.27. The van der Waals surface area contributed by atoms with Gasteiger partial charge in [0, 0.05) is 42.4 Å². The highest BCUT2D eigenvalue weighted by Crippen LogP contribution is 2.35. The lowest BCUT2D eigenvalue weighted by Crippen LogP contribution is -2.24. The lowest BCUT2D eigenvalue weighted by Gasteiger charge is -2.28. The molecule has 0 bridgehead atoms. The molecule has 3 aromatic carbocycles. The van der Waals surface area contributed by atoms with Crippen molar-refractivity contribution in [2.24, 2.45) is 5.92 Å². The molecule has 1 aliphatic heterocycles. The summed E-state index contributed by atoms with van der Waals surface area (Å²) in [5, 5.41) is 14.0. The molecule has 0 unspecified atom stereocenters. The standard InChI is InChI=1S/C33H35N3O4/c1-33(2,3)25-16-14-22(15-17-25)29(37)20-24(32(38)39)19-21-10-12-23(13-11-21)30-34-31(40-35-30)27-7-5-9-28-26(27)8-6-18-36(28)4/h5,7,9-17,24H,6,8,18-20H2,1-4H3,(H,38,39)/t24-/m1/s1. The van der Waals surface area contributed by atoms with Gasteiger partial charge in [0.05, 0.1) is 5.92 Å². The lowest BCUT2D eigenvalue weighted by atomic mass is 9.86. The van der Waals surface area contributed by atoms with Crippen molar-refractivity contribution in [2.45, 2.75) is 51.9 Å². The minimum absolute atomic E-state index is 0.0155. The molecule has 1 N–H and O–H groups in total. The van der Waals surface area contributed by atoms with Gasteiger partial charge in [0.25, 0.3) is 5.89 Å². The van der Waals surface area contributed by atoms with Crippen molar-refractivity contribution < 1.29 is 19.2 Å². The first kappa shape index (κ1) is 27.3. The maximum absolute atomic E-state index is 12.9. The second-order valence-electron chi connectivity index (χ2n) is 11.6. The third-order valence-electron chi connectivity index (χ3n) is 7.69.